The number of benzene rings is 1. The number of hydrogen-bond acceptors (Lipinski definition) is 5. The summed E-state index contributed by atoms with van der Waals surface area (Å²) < 4.78 is 5.14. The summed E-state index contributed by atoms with van der Waals surface area (Å²) in [5.74, 6) is -0.453. The Balaban J connectivity index is 0.00000151. The lowest BCUT2D eigenvalue weighted by atomic mass is 10.0. The van der Waals surface area contributed by atoms with Crippen molar-refractivity contribution >= 4 is 46.5 Å². The number of thiazole rings is 1. The molecule has 0 saturated heterocycles. The normalized spacial score (nSPS) is 10.6. The predicted molar refractivity (Wildman–Crippen MR) is 128 cm³/mol. The van der Waals surface area contributed by atoms with Crippen molar-refractivity contribution in [2.45, 2.75) is 52.6 Å². The number of alkyl halides is 2. The first-order valence-electron chi connectivity index (χ1n) is 9.97. The number of hydrogen-bond donors (Lipinski definition) is 2. The van der Waals surface area contributed by atoms with Gasteiger partial charge >= 0.3 is 12.0 Å². The van der Waals surface area contributed by atoms with Gasteiger partial charge in [-0.2, -0.15) is 0 Å². The van der Waals surface area contributed by atoms with E-state index in [1.165, 1.54) is 5.56 Å². The quantitative estimate of drug-likeness (QED) is 0.412. The molecule has 2 rings (SSSR count). The van der Waals surface area contributed by atoms with E-state index in [-0.39, 0.29) is 17.9 Å². The number of carbonyl (C=O) groups excluding carboxylic acids is 2. The molecular weight excluding hydrogens is 457 g/mol. The fraction of sp³-hybridized carbons (Fsp3) is 0.500. The molecule has 2 N–H and O–H groups in total. The van der Waals surface area contributed by atoms with Crippen LogP contribution in [0.2, 0.25) is 0 Å². The highest BCUT2D eigenvalue weighted by molar-refractivity contribution is 7.09. The lowest BCUT2D eigenvalue weighted by Crippen LogP contribution is -2.41. The largest absolute Gasteiger partial charge is 0.459 e. The molecule has 0 radical (unpaired) electrons. The maximum atomic E-state index is 11.7. The molecule has 1 aromatic heterocycles. The van der Waals surface area contributed by atoms with Crippen molar-refractivity contribution in [3.63, 3.8) is 0 Å². The Bertz CT molecular complexity index is 805. The third-order valence-corrected chi connectivity index (χ3v) is 4.69. The predicted octanol–water partition coefficient (Wildman–Crippen LogP) is 4.84. The number of halogens is 2. The molecule has 0 aliphatic rings. The zero-order valence-corrected chi connectivity index (χ0v) is 20.8. The summed E-state index contributed by atoms with van der Waals surface area (Å²) in [6, 6.07) is 8.04. The zero-order valence-electron chi connectivity index (χ0n) is 18.5. The van der Waals surface area contributed by atoms with Crippen molar-refractivity contribution in [3.8, 4) is 0 Å². The van der Waals surface area contributed by atoms with Crippen LogP contribution in [0.25, 0.3) is 0 Å². The second-order valence-electron chi connectivity index (χ2n) is 7.72. The molecular formula is C22H31Cl2N3O3S. The third-order valence-electron chi connectivity index (χ3n) is 3.87. The fourth-order valence-electron chi connectivity index (χ4n) is 2.58. The van der Waals surface area contributed by atoms with E-state index in [0.717, 1.165) is 35.5 Å². The van der Waals surface area contributed by atoms with Crippen LogP contribution in [-0.4, -0.2) is 41.0 Å². The van der Waals surface area contributed by atoms with Crippen molar-refractivity contribution in [1.82, 2.24) is 15.6 Å². The van der Waals surface area contributed by atoms with Crippen LogP contribution in [0.5, 0.6) is 0 Å². The summed E-state index contributed by atoms with van der Waals surface area (Å²) in [4.78, 5) is 27.8. The molecule has 0 atom stereocenters. The average Bonchev–Trinajstić information content (AvgIpc) is 3.10. The van der Waals surface area contributed by atoms with Crippen LogP contribution in [0.15, 0.2) is 29.6 Å². The summed E-state index contributed by atoms with van der Waals surface area (Å²) in [7, 11) is 0. The number of rotatable bonds is 8. The molecule has 0 unspecified atom stereocenters. The topological polar surface area (TPSA) is 80.3 Å². The Hall–Kier alpha value is -1.83. The molecule has 0 aliphatic carbocycles. The first-order chi connectivity index (χ1) is 14.6. The minimum Gasteiger partial charge on any atom is -0.459 e. The number of carbonyl (C=O) groups is 2. The summed E-state index contributed by atoms with van der Waals surface area (Å²) in [6.07, 6.45) is 2.64. The van der Waals surface area contributed by atoms with E-state index in [2.05, 4.69) is 45.3 Å². The van der Waals surface area contributed by atoms with E-state index in [1.54, 1.807) is 32.1 Å². The average molecular weight is 488 g/mol. The smallest absolute Gasteiger partial charge is 0.325 e. The lowest BCUT2D eigenvalue weighted by molar-refractivity contribution is -0.153. The first kappa shape index (κ1) is 27.2. The molecule has 172 valence electrons. The van der Waals surface area contributed by atoms with Gasteiger partial charge in [-0.05, 0) is 58.1 Å². The molecule has 0 spiro atoms. The van der Waals surface area contributed by atoms with Crippen LogP contribution in [0.3, 0.4) is 0 Å². The van der Waals surface area contributed by atoms with Gasteiger partial charge in [-0.25, -0.2) is 9.78 Å². The Morgan fingerprint density at radius 1 is 1.03 bits per heavy atom. The van der Waals surface area contributed by atoms with Crippen LogP contribution in [0.1, 0.15) is 42.6 Å². The third kappa shape index (κ3) is 13.2. The minimum absolute atomic E-state index is 0.143. The van der Waals surface area contributed by atoms with Crippen molar-refractivity contribution < 1.29 is 14.3 Å². The number of nitrogens with zero attached hydrogens (tertiary/aromatic N) is 1. The van der Waals surface area contributed by atoms with Crippen LogP contribution >= 0.6 is 34.5 Å². The summed E-state index contributed by atoms with van der Waals surface area (Å²) in [6.45, 7) is 7.74. The number of urea groups is 1. The molecule has 6 nitrogen and oxygen atoms in total. The number of nitrogens with one attached hydrogen (secondary N) is 2. The van der Waals surface area contributed by atoms with E-state index < -0.39 is 11.6 Å². The second kappa shape index (κ2) is 14.3. The lowest BCUT2D eigenvalue weighted by Gasteiger charge is -2.19. The van der Waals surface area contributed by atoms with Crippen molar-refractivity contribution in [3.05, 3.63) is 51.5 Å². The molecule has 2 aromatic rings. The molecule has 1 heterocycles. The minimum atomic E-state index is -0.555. The van der Waals surface area contributed by atoms with Crippen molar-refractivity contribution in [2.24, 2.45) is 0 Å². The highest BCUT2D eigenvalue weighted by Gasteiger charge is 2.16. The van der Waals surface area contributed by atoms with Gasteiger partial charge in [-0.1, -0.05) is 24.3 Å². The van der Waals surface area contributed by atoms with E-state index in [0.29, 0.717) is 6.54 Å². The Morgan fingerprint density at radius 3 is 2.13 bits per heavy atom. The summed E-state index contributed by atoms with van der Waals surface area (Å²) >= 11 is 11.2. The Labute approximate surface area is 198 Å². The molecule has 0 saturated carbocycles. The number of amides is 2. The van der Waals surface area contributed by atoms with Gasteiger partial charge in [0.05, 0.1) is 16.0 Å². The van der Waals surface area contributed by atoms with Crippen LogP contribution < -0.4 is 10.6 Å². The number of esters is 1. The molecule has 1 aromatic carbocycles. The van der Waals surface area contributed by atoms with Gasteiger partial charge in [-0.3, -0.25) is 4.79 Å². The van der Waals surface area contributed by atoms with E-state index in [9.17, 15) is 9.59 Å². The van der Waals surface area contributed by atoms with E-state index >= 15 is 0 Å². The molecule has 0 bridgehead atoms. The fourth-order valence-corrected chi connectivity index (χ4v) is 3.23. The Morgan fingerprint density at radius 2 is 1.61 bits per heavy atom. The number of ether oxygens (including phenoxy) is 1. The number of aromatic nitrogens is 1. The first-order valence-corrected chi connectivity index (χ1v) is 11.9. The standard InChI is InChI=1S/C21H29N3O3S.CH2Cl2/c1-15-24-18(14-28-15)10-9-16-5-7-17(8-6-16)11-12-22-20(26)23-13-19(25)27-21(2,3)4;2-1-3/h5-8,14H,9-13H2,1-4H3,(H2,22,23,26);1H2. The second-order valence-corrected chi connectivity index (χ2v) is 9.59. The van der Waals surface area contributed by atoms with Gasteiger partial charge in [0.15, 0.2) is 0 Å². The molecule has 2 amide bonds. The monoisotopic (exact) mass is 487 g/mol. The van der Waals surface area contributed by atoms with E-state index in [4.69, 9.17) is 27.9 Å². The van der Waals surface area contributed by atoms with Crippen molar-refractivity contribution in [2.75, 3.05) is 18.4 Å². The highest BCUT2D eigenvalue weighted by Crippen LogP contribution is 2.12. The van der Waals surface area contributed by atoms with Crippen LogP contribution in [0.4, 0.5) is 4.79 Å². The van der Waals surface area contributed by atoms with Crippen LogP contribution in [-0.2, 0) is 28.8 Å². The summed E-state index contributed by atoms with van der Waals surface area (Å²) in [5.41, 5.74) is 3.02. The molecule has 0 aliphatic heterocycles. The van der Waals surface area contributed by atoms with E-state index in [1.807, 2.05) is 6.92 Å². The maximum Gasteiger partial charge on any atom is 0.325 e. The van der Waals surface area contributed by atoms with Gasteiger partial charge in [0.25, 0.3) is 0 Å². The van der Waals surface area contributed by atoms with Gasteiger partial charge in [0.1, 0.15) is 12.1 Å². The molecule has 31 heavy (non-hydrogen) atoms. The number of aryl methyl sites for hydroxylation is 3. The van der Waals surface area contributed by atoms with Gasteiger partial charge in [0, 0.05) is 11.9 Å². The summed E-state index contributed by atoms with van der Waals surface area (Å²) in [5, 5.41) is 8.67. The highest BCUT2D eigenvalue weighted by atomic mass is 35.5. The van der Waals surface area contributed by atoms with Gasteiger partial charge < -0.3 is 15.4 Å². The Kier molecular flexibility index (Phi) is 12.5. The van der Waals surface area contributed by atoms with Gasteiger partial charge in [0.2, 0.25) is 0 Å². The molecule has 0 fully saturated rings. The SMILES string of the molecule is Cc1nc(CCc2ccc(CCNC(=O)NCC(=O)OC(C)(C)C)cc2)cs1.ClCCl. The molecule has 9 heteroatoms. The maximum absolute atomic E-state index is 11.7. The van der Waals surface area contributed by atoms with Gasteiger partial charge in [-0.15, -0.1) is 34.5 Å². The van der Waals surface area contributed by atoms with Crippen LogP contribution in [0, 0.1) is 6.92 Å². The zero-order chi connectivity index (χ0) is 23.3. The van der Waals surface area contributed by atoms with Crippen molar-refractivity contribution in [1.29, 1.82) is 0 Å².